The summed E-state index contributed by atoms with van der Waals surface area (Å²) in [7, 11) is 1.61. The minimum Gasteiger partial charge on any atom is -0.497 e. The van der Waals surface area contributed by atoms with Gasteiger partial charge in [-0.05, 0) is 31.2 Å². The number of aromatic nitrogens is 4. The maximum atomic E-state index is 12.2. The van der Waals surface area contributed by atoms with Crippen LogP contribution in [0.25, 0.3) is 11.3 Å². The van der Waals surface area contributed by atoms with Crippen LogP contribution in [0.5, 0.6) is 5.75 Å². The molecule has 0 aliphatic rings. The molecule has 2 N–H and O–H groups in total. The maximum absolute atomic E-state index is 12.2. The highest BCUT2D eigenvalue weighted by Crippen LogP contribution is 2.22. The highest BCUT2D eigenvalue weighted by molar-refractivity contribution is 5.93. The van der Waals surface area contributed by atoms with E-state index in [4.69, 9.17) is 4.74 Å². The third kappa shape index (κ3) is 3.57. The zero-order valence-corrected chi connectivity index (χ0v) is 13.4. The summed E-state index contributed by atoms with van der Waals surface area (Å²) < 4.78 is 5.20. The number of benzene rings is 1. The predicted octanol–water partition coefficient (Wildman–Crippen LogP) is 2.11. The van der Waals surface area contributed by atoms with Gasteiger partial charge in [0.2, 0.25) is 0 Å². The van der Waals surface area contributed by atoms with Gasteiger partial charge in [-0.2, -0.15) is 5.10 Å². The van der Waals surface area contributed by atoms with E-state index < -0.39 is 0 Å². The van der Waals surface area contributed by atoms with Gasteiger partial charge < -0.3 is 10.1 Å². The SMILES string of the molecule is COc1cccc(-c2cc(C(=O)NCc3cc(C)ncn3)[nH]n2)c1. The number of carbonyl (C=O) groups excluding carboxylic acids is 1. The number of hydrogen-bond acceptors (Lipinski definition) is 5. The lowest BCUT2D eigenvalue weighted by Gasteiger charge is -2.03. The Morgan fingerprint density at radius 1 is 1.25 bits per heavy atom. The van der Waals surface area contributed by atoms with Gasteiger partial charge in [0.1, 0.15) is 17.8 Å². The van der Waals surface area contributed by atoms with E-state index in [9.17, 15) is 4.79 Å². The Balaban J connectivity index is 1.69. The molecule has 24 heavy (non-hydrogen) atoms. The number of rotatable bonds is 5. The van der Waals surface area contributed by atoms with Crippen molar-refractivity contribution >= 4 is 5.91 Å². The van der Waals surface area contributed by atoms with Crippen LogP contribution in [0.2, 0.25) is 0 Å². The molecule has 0 spiro atoms. The third-order valence-electron chi connectivity index (χ3n) is 3.48. The average Bonchev–Trinajstić information content (AvgIpc) is 3.10. The van der Waals surface area contributed by atoms with Crippen LogP contribution in [0.4, 0.5) is 0 Å². The number of aromatic amines is 1. The molecule has 1 aromatic carbocycles. The van der Waals surface area contributed by atoms with Gasteiger partial charge >= 0.3 is 0 Å². The second-order valence-corrected chi connectivity index (χ2v) is 5.23. The molecule has 0 bridgehead atoms. The van der Waals surface area contributed by atoms with Crippen LogP contribution in [0.1, 0.15) is 21.9 Å². The highest BCUT2D eigenvalue weighted by atomic mass is 16.5. The number of H-pyrrole nitrogens is 1. The van der Waals surface area contributed by atoms with E-state index in [1.807, 2.05) is 37.3 Å². The van der Waals surface area contributed by atoms with E-state index in [0.717, 1.165) is 22.7 Å². The number of carbonyl (C=O) groups is 1. The molecule has 0 fully saturated rings. The molecule has 7 nitrogen and oxygen atoms in total. The van der Waals surface area contributed by atoms with Crippen molar-refractivity contribution in [3.63, 3.8) is 0 Å². The van der Waals surface area contributed by atoms with Gasteiger partial charge in [0, 0.05) is 11.3 Å². The monoisotopic (exact) mass is 323 g/mol. The average molecular weight is 323 g/mol. The molecular formula is C17H17N5O2. The fraction of sp³-hybridized carbons (Fsp3) is 0.176. The quantitative estimate of drug-likeness (QED) is 0.750. The Morgan fingerprint density at radius 3 is 2.92 bits per heavy atom. The molecule has 7 heteroatoms. The zero-order valence-electron chi connectivity index (χ0n) is 13.4. The maximum Gasteiger partial charge on any atom is 0.269 e. The number of nitrogens with zero attached hydrogens (tertiary/aromatic N) is 3. The van der Waals surface area contributed by atoms with Crippen LogP contribution < -0.4 is 10.1 Å². The van der Waals surface area contributed by atoms with Gasteiger partial charge in [-0.25, -0.2) is 9.97 Å². The molecule has 0 unspecified atom stereocenters. The van der Waals surface area contributed by atoms with Crippen molar-refractivity contribution in [2.75, 3.05) is 7.11 Å². The first-order valence-corrected chi connectivity index (χ1v) is 7.41. The minimum atomic E-state index is -0.243. The Hall–Kier alpha value is -3.22. The van der Waals surface area contributed by atoms with E-state index >= 15 is 0 Å². The summed E-state index contributed by atoms with van der Waals surface area (Å²) in [6.45, 7) is 2.21. The van der Waals surface area contributed by atoms with E-state index in [1.54, 1.807) is 13.2 Å². The topological polar surface area (TPSA) is 92.8 Å². The molecular weight excluding hydrogens is 306 g/mol. The second-order valence-electron chi connectivity index (χ2n) is 5.23. The fourth-order valence-corrected chi connectivity index (χ4v) is 2.24. The molecule has 0 aliphatic heterocycles. The molecule has 0 saturated carbocycles. The molecule has 2 aromatic heterocycles. The normalized spacial score (nSPS) is 10.4. The molecule has 122 valence electrons. The number of hydrogen-bond donors (Lipinski definition) is 2. The van der Waals surface area contributed by atoms with Crippen LogP contribution in [-0.4, -0.2) is 33.2 Å². The van der Waals surface area contributed by atoms with Crippen molar-refractivity contribution in [3.8, 4) is 17.0 Å². The molecule has 0 aliphatic carbocycles. The first-order chi connectivity index (χ1) is 11.7. The van der Waals surface area contributed by atoms with E-state index in [2.05, 4.69) is 25.5 Å². The molecule has 2 heterocycles. The van der Waals surface area contributed by atoms with Crippen LogP contribution >= 0.6 is 0 Å². The van der Waals surface area contributed by atoms with Crippen LogP contribution in [-0.2, 0) is 6.54 Å². The number of aryl methyl sites for hydroxylation is 1. The minimum absolute atomic E-state index is 0.243. The van der Waals surface area contributed by atoms with Crippen molar-refractivity contribution in [2.45, 2.75) is 13.5 Å². The Kier molecular flexibility index (Phi) is 4.51. The van der Waals surface area contributed by atoms with E-state index in [1.165, 1.54) is 6.33 Å². The lowest BCUT2D eigenvalue weighted by molar-refractivity contribution is 0.0945. The van der Waals surface area contributed by atoms with Gasteiger partial charge in [0.15, 0.2) is 0 Å². The number of ether oxygens (including phenoxy) is 1. The summed E-state index contributed by atoms with van der Waals surface area (Å²) in [6, 6.07) is 11.0. The van der Waals surface area contributed by atoms with Crippen molar-refractivity contribution in [2.24, 2.45) is 0 Å². The van der Waals surface area contributed by atoms with Crippen LogP contribution in [0.15, 0.2) is 42.7 Å². The van der Waals surface area contributed by atoms with Gasteiger partial charge in [0.05, 0.1) is 25.0 Å². The zero-order chi connectivity index (χ0) is 16.9. The lowest BCUT2D eigenvalue weighted by Crippen LogP contribution is -2.23. The molecule has 3 aromatic rings. The summed E-state index contributed by atoms with van der Waals surface area (Å²) in [5.74, 6) is 0.494. The number of amides is 1. The van der Waals surface area contributed by atoms with Gasteiger partial charge in [-0.1, -0.05) is 12.1 Å². The van der Waals surface area contributed by atoms with Crippen molar-refractivity contribution in [1.82, 2.24) is 25.5 Å². The van der Waals surface area contributed by atoms with Crippen LogP contribution in [0.3, 0.4) is 0 Å². The molecule has 3 rings (SSSR count). The third-order valence-corrected chi connectivity index (χ3v) is 3.48. The number of nitrogens with one attached hydrogen (secondary N) is 2. The Bertz CT molecular complexity index is 859. The van der Waals surface area contributed by atoms with Gasteiger partial charge in [0.25, 0.3) is 5.91 Å². The predicted molar refractivity (Wildman–Crippen MR) is 88.5 cm³/mol. The summed E-state index contributed by atoms with van der Waals surface area (Å²) in [5.41, 5.74) is 3.55. The smallest absolute Gasteiger partial charge is 0.269 e. The van der Waals surface area contributed by atoms with Crippen LogP contribution in [0, 0.1) is 6.92 Å². The summed E-state index contributed by atoms with van der Waals surface area (Å²) in [6.07, 6.45) is 1.48. The van der Waals surface area contributed by atoms with Crippen molar-refractivity contribution in [3.05, 3.63) is 59.8 Å². The van der Waals surface area contributed by atoms with E-state index in [-0.39, 0.29) is 5.91 Å². The lowest BCUT2D eigenvalue weighted by atomic mass is 10.1. The largest absolute Gasteiger partial charge is 0.497 e. The number of methoxy groups -OCH3 is 1. The Morgan fingerprint density at radius 2 is 2.12 bits per heavy atom. The molecule has 0 saturated heterocycles. The van der Waals surface area contributed by atoms with Gasteiger partial charge in [-0.3, -0.25) is 9.89 Å². The highest BCUT2D eigenvalue weighted by Gasteiger charge is 2.11. The molecule has 1 amide bonds. The standard InChI is InChI=1S/C17H17N5O2/c1-11-6-13(20-10-19-11)9-18-17(23)16-8-15(21-22-16)12-4-3-5-14(7-12)24-2/h3-8,10H,9H2,1-2H3,(H,18,23)(H,21,22). The summed E-state index contributed by atoms with van der Waals surface area (Å²) >= 11 is 0. The molecule has 0 atom stereocenters. The summed E-state index contributed by atoms with van der Waals surface area (Å²) in [4.78, 5) is 20.4. The van der Waals surface area contributed by atoms with Gasteiger partial charge in [-0.15, -0.1) is 0 Å². The Labute approximate surface area is 139 Å². The van der Waals surface area contributed by atoms with E-state index in [0.29, 0.717) is 17.9 Å². The second kappa shape index (κ2) is 6.91. The van der Waals surface area contributed by atoms with Crippen molar-refractivity contribution in [1.29, 1.82) is 0 Å². The first kappa shape index (κ1) is 15.7. The summed E-state index contributed by atoms with van der Waals surface area (Å²) in [5, 5.41) is 9.74. The van der Waals surface area contributed by atoms with Crippen molar-refractivity contribution < 1.29 is 9.53 Å². The first-order valence-electron chi connectivity index (χ1n) is 7.41. The molecule has 0 radical (unpaired) electrons. The fourth-order valence-electron chi connectivity index (χ4n) is 2.24.